The lowest BCUT2D eigenvalue weighted by molar-refractivity contribution is -0.233. The molecule has 326 valence electrons. The number of Topliss-reactive ketones (excluding diaryl/α,β-unsaturated/α-hetero) is 1. The zero-order chi connectivity index (χ0) is 43.7. The number of nitrogens with one attached hydrogen (secondary N) is 1. The molecule has 0 saturated heterocycles. The molecular weight excluding hydrogens is 746 g/mol. The number of aldehydes is 1. The SMILES string of the molecule is CNCCN(/C(=C(/C)C=O)C12CC[C@]3(C)C(CCC4C5(C)CCC(OC(=O)CC(C)(C)C(=O)O)C(C)(C)C5CCC43C)C1=C(C(C)C)C(=O)C2)N(C)c1ccc(F)cc1. The molecule has 1 aromatic carbocycles. The second-order valence-electron chi connectivity index (χ2n) is 21.4. The normalized spacial score (nSPS) is 34.2. The predicted molar refractivity (Wildman–Crippen MR) is 230 cm³/mol. The molecule has 59 heavy (non-hydrogen) atoms. The van der Waals surface area contributed by atoms with Gasteiger partial charge in [-0.2, -0.15) is 0 Å². The molecule has 0 radical (unpaired) electrons. The van der Waals surface area contributed by atoms with E-state index in [-0.39, 0.29) is 57.6 Å². The first-order chi connectivity index (χ1) is 27.5. The highest BCUT2D eigenvalue weighted by Gasteiger charge is 2.71. The Labute approximate surface area is 352 Å². The first kappa shape index (κ1) is 45.0. The van der Waals surface area contributed by atoms with E-state index in [4.69, 9.17) is 4.74 Å². The van der Waals surface area contributed by atoms with Crippen molar-refractivity contribution in [2.24, 2.45) is 56.2 Å². The van der Waals surface area contributed by atoms with Crippen LogP contribution in [0.4, 0.5) is 10.1 Å². The molecule has 6 rings (SSSR count). The molecule has 0 aliphatic heterocycles. The minimum absolute atomic E-state index is 0.00397. The Morgan fingerprint density at radius 3 is 2.24 bits per heavy atom. The Morgan fingerprint density at radius 1 is 0.983 bits per heavy atom. The van der Waals surface area contributed by atoms with Crippen LogP contribution in [0, 0.1) is 62.0 Å². The van der Waals surface area contributed by atoms with Crippen LogP contribution in [0.2, 0.25) is 0 Å². The number of hydrogen-bond donors (Lipinski definition) is 2. The summed E-state index contributed by atoms with van der Waals surface area (Å²) >= 11 is 0. The van der Waals surface area contributed by atoms with E-state index in [0.717, 1.165) is 74.6 Å². The number of fused-ring (bicyclic) bond motifs is 7. The summed E-state index contributed by atoms with van der Waals surface area (Å²) in [7, 11) is 3.88. The minimum Gasteiger partial charge on any atom is -0.481 e. The summed E-state index contributed by atoms with van der Waals surface area (Å²) in [5, 5.41) is 17.2. The smallest absolute Gasteiger partial charge is 0.309 e. The monoisotopic (exact) mass is 818 g/mol. The molecule has 0 amide bonds. The topological polar surface area (TPSA) is 116 Å². The van der Waals surface area contributed by atoms with Crippen molar-refractivity contribution < 1.29 is 33.4 Å². The number of ether oxygens (including phenoxy) is 1. The van der Waals surface area contributed by atoms with E-state index in [1.807, 2.05) is 26.0 Å². The van der Waals surface area contributed by atoms with Gasteiger partial charge in [0.15, 0.2) is 5.78 Å². The first-order valence-electron chi connectivity index (χ1n) is 22.3. The van der Waals surface area contributed by atoms with Crippen molar-refractivity contribution in [2.75, 3.05) is 32.2 Å². The maximum atomic E-state index is 14.7. The van der Waals surface area contributed by atoms with Crippen molar-refractivity contribution in [2.45, 2.75) is 140 Å². The highest BCUT2D eigenvalue weighted by atomic mass is 19.1. The maximum absolute atomic E-state index is 14.7. The number of halogens is 1. The van der Waals surface area contributed by atoms with Gasteiger partial charge in [-0.3, -0.25) is 29.2 Å². The number of carbonyl (C=O) groups is 4. The van der Waals surface area contributed by atoms with Gasteiger partial charge in [0.2, 0.25) is 0 Å². The van der Waals surface area contributed by atoms with Crippen molar-refractivity contribution in [1.29, 1.82) is 0 Å². The molecule has 5 aliphatic rings. The molecular formula is C49H72FN3O6. The van der Waals surface area contributed by atoms with Gasteiger partial charge in [-0.25, -0.2) is 4.39 Å². The van der Waals surface area contributed by atoms with Crippen LogP contribution in [0.3, 0.4) is 0 Å². The Balaban J connectivity index is 1.40. The molecule has 5 aliphatic carbocycles. The largest absolute Gasteiger partial charge is 0.481 e. The molecule has 9 nitrogen and oxygen atoms in total. The summed E-state index contributed by atoms with van der Waals surface area (Å²) in [5.74, 6) is -0.642. The average Bonchev–Trinajstić information content (AvgIpc) is 3.46. The van der Waals surface area contributed by atoms with Crippen LogP contribution in [-0.2, 0) is 23.9 Å². The number of carboxylic acids is 1. The fourth-order valence-corrected chi connectivity index (χ4v) is 14.0. The molecule has 1 aromatic rings. The quantitative estimate of drug-likeness (QED) is 0.0869. The highest BCUT2D eigenvalue weighted by molar-refractivity contribution is 6.01. The number of aliphatic carboxylic acids is 1. The highest BCUT2D eigenvalue weighted by Crippen LogP contribution is 2.77. The van der Waals surface area contributed by atoms with Gasteiger partial charge in [-0.05, 0) is 155 Å². The van der Waals surface area contributed by atoms with Crippen molar-refractivity contribution in [3.63, 3.8) is 0 Å². The third-order valence-electron chi connectivity index (χ3n) is 17.2. The fourth-order valence-electron chi connectivity index (χ4n) is 14.0. The number of anilines is 1. The van der Waals surface area contributed by atoms with Crippen LogP contribution >= 0.6 is 0 Å². The first-order valence-corrected chi connectivity index (χ1v) is 22.3. The summed E-state index contributed by atoms with van der Waals surface area (Å²) in [6.07, 6.45) is 8.24. The molecule has 0 spiro atoms. The standard InChI is InChI=1S/C49H72FN3O6/c1-30(2)40-35(55)27-49(42(31(3)29-54)53(26-25-51-11)52(12)33-15-13-32(50)14-16-33)24-23-47(9)34(41(40)49)17-18-37-46(8)21-20-38(59-39(56)28-44(4,5)43(57)58)45(6,7)36(46)19-22-48(37,47)10/h13-16,29-30,34,36-38,51H,17-28H2,1-12H3,(H,57,58)/b42-31-/t34?,36?,37?,38?,46?,47-,48?,49?/m1/s1. The molecule has 4 fully saturated rings. The van der Waals surface area contributed by atoms with Gasteiger partial charge < -0.3 is 15.2 Å². The summed E-state index contributed by atoms with van der Waals surface area (Å²) < 4.78 is 20.4. The zero-order valence-corrected chi connectivity index (χ0v) is 38.0. The zero-order valence-electron chi connectivity index (χ0n) is 38.0. The summed E-state index contributed by atoms with van der Waals surface area (Å²) in [5.41, 5.74) is 2.24. The summed E-state index contributed by atoms with van der Waals surface area (Å²) in [4.78, 5) is 52.8. The van der Waals surface area contributed by atoms with Gasteiger partial charge in [0, 0.05) is 36.4 Å². The van der Waals surface area contributed by atoms with E-state index in [0.29, 0.717) is 36.9 Å². The van der Waals surface area contributed by atoms with Crippen molar-refractivity contribution in [3.05, 3.63) is 52.5 Å². The van der Waals surface area contributed by atoms with Crippen molar-refractivity contribution >= 4 is 29.7 Å². The predicted octanol–water partition coefficient (Wildman–Crippen LogP) is 9.56. The number of carbonyl (C=O) groups excluding carboxylic acids is 3. The van der Waals surface area contributed by atoms with E-state index in [9.17, 15) is 28.7 Å². The van der Waals surface area contributed by atoms with Crippen molar-refractivity contribution in [3.8, 4) is 0 Å². The third kappa shape index (κ3) is 7.09. The molecule has 0 heterocycles. The van der Waals surface area contributed by atoms with E-state index in [1.165, 1.54) is 17.7 Å². The second kappa shape index (κ2) is 15.7. The van der Waals surface area contributed by atoms with Gasteiger partial charge >= 0.3 is 11.9 Å². The van der Waals surface area contributed by atoms with Gasteiger partial charge in [-0.15, -0.1) is 0 Å². The number of likely N-dealkylation sites (N-methyl/N-ethyl adjacent to an activating group) is 1. The minimum atomic E-state index is -1.19. The number of carboxylic acid groups (broad SMARTS) is 1. The molecule has 2 N–H and O–H groups in total. The van der Waals surface area contributed by atoms with Crippen LogP contribution in [0.1, 0.15) is 133 Å². The van der Waals surface area contributed by atoms with Gasteiger partial charge in [0.1, 0.15) is 18.2 Å². The molecule has 0 bridgehead atoms. The maximum Gasteiger partial charge on any atom is 0.309 e. The Morgan fingerprint density at radius 2 is 1.64 bits per heavy atom. The number of allylic oxidation sites excluding steroid dienone is 3. The molecule has 4 saturated carbocycles. The Hall–Kier alpha value is -3.53. The summed E-state index contributed by atoms with van der Waals surface area (Å²) in [6.45, 7) is 22.6. The number of ketones is 1. The van der Waals surface area contributed by atoms with E-state index in [1.54, 1.807) is 26.0 Å². The van der Waals surface area contributed by atoms with Gasteiger partial charge in [-0.1, -0.05) is 48.5 Å². The Bertz CT molecular complexity index is 1900. The molecule has 7 unspecified atom stereocenters. The lowest BCUT2D eigenvalue weighted by Gasteiger charge is -2.72. The summed E-state index contributed by atoms with van der Waals surface area (Å²) in [6, 6.07) is 6.45. The van der Waals surface area contributed by atoms with Crippen LogP contribution in [0.25, 0.3) is 0 Å². The van der Waals surface area contributed by atoms with Crippen LogP contribution in [0.5, 0.6) is 0 Å². The number of rotatable bonds is 13. The number of benzene rings is 1. The molecule has 10 heteroatoms. The van der Waals surface area contributed by atoms with Gasteiger partial charge in [0.25, 0.3) is 0 Å². The number of hydrazine groups is 1. The van der Waals surface area contributed by atoms with Crippen LogP contribution in [-0.4, -0.2) is 67.4 Å². The van der Waals surface area contributed by atoms with Crippen LogP contribution < -0.4 is 10.3 Å². The van der Waals surface area contributed by atoms with Crippen molar-refractivity contribution in [1.82, 2.24) is 10.3 Å². The third-order valence-corrected chi connectivity index (χ3v) is 17.2. The number of hydrogen-bond acceptors (Lipinski definition) is 8. The Kier molecular flexibility index (Phi) is 12.0. The van der Waals surface area contributed by atoms with E-state index < -0.39 is 22.8 Å². The number of nitrogens with zero attached hydrogens (tertiary/aromatic N) is 2. The second-order valence-corrected chi connectivity index (χ2v) is 21.4. The van der Waals surface area contributed by atoms with E-state index >= 15 is 0 Å². The lowest BCUT2D eigenvalue weighted by atomic mass is 9.33. The fraction of sp³-hybridized carbons (Fsp3) is 0.714. The molecule has 8 atom stereocenters. The van der Waals surface area contributed by atoms with Crippen LogP contribution in [0.15, 0.2) is 46.7 Å². The average molecular weight is 818 g/mol. The number of esters is 1. The van der Waals surface area contributed by atoms with E-state index in [2.05, 4.69) is 58.8 Å². The lowest BCUT2D eigenvalue weighted by Crippen LogP contribution is -2.66. The molecule has 0 aromatic heterocycles. The van der Waals surface area contributed by atoms with Gasteiger partial charge in [0.05, 0.1) is 29.8 Å².